The Morgan fingerprint density at radius 1 is 0.314 bits per heavy atom. The monoisotopic (exact) mass is 655 g/mol. The molecule has 51 heavy (non-hydrogen) atoms. The quantitative estimate of drug-likeness (QED) is 0.188. The average molecular weight is 656 g/mol. The van der Waals surface area contributed by atoms with Gasteiger partial charge in [-0.2, -0.15) is 0 Å². The minimum atomic E-state index is 0.529. The molecule has 0 aliphatic carbocycles. The first-order valence-electron chi connectivity index (χ1n) is 16.9. The minimum Gasteiger partial charge on any atom is -0.456 e. The van der Waals surface area contributed by atoms with Crippen LogP contribution in [0.2, 0.25) is 0 Å². The minimum absolute atomic E-state index is 0.529. The highest BCUT2D eigenvalue weighted by molar-refractivity contribution is 6.14. The van der Waals surface area contributed by atoms with Crippen LogP contribution in [0.3, 0.4) is 0 Å². The Balaban J connectivity index is 1.14. The number of nitrogens with zero attached hydrogens (tertiary/aromatic N) is 3. The summed E-state index contributed by atoms with van der Waals surface area (Å²) in [5.74, 6) is 1.67. The number of para-hydroxylation sites is 4. The lowest BCUT2D eigenvalue weighted by molar-refractivity contribution is 0.668. The van der Waals surface area contributed by atoms with Crippen LogP contribution in [0.15, 0.2) is 165 Å². The van der Waals surface area contributed by atoms with E-state index in [1.54, 1.807) is 0 Å². The van der Waals surface area contributed by atoms with Gasteiger partial charge in [-0.25, -0.2) is 15.0 Å². The van der Waals surface area contributed by atoms with Crippen molar-refractivity contribution in [3.8, 4) is 45.3 Å². The third-order valence-electron chi connectivity index (χ3n) is 9.76. The second-order valence-electron chi connectivity index (χ2n) is 12.7. The summed E-state index contributed by atoms with van der Waals surface area (Å²) in [6.07, 6.45) is 0. The van der Waals surface area contributed by atoms with E-state index in [9.17, 15) is 0 Å². The summed E-state index contributed by atoms with van der Waals surface area (Å²) in [6, 6.07) is 51.0. The van der Waals surface area contributed by atoms with Crippen LogP contribution in [0.4, 0.5) is 0 Å². The van der Waals surface area contributed by atoms with E-state index in [0.29, 0.717) is 17.5 Å². The van der Waals surface area contributed by atoms with Gasteiger partial charge in [-0.1, -0.05) is 115 Å². The summed E-state index contributed by atoms with van der Waals surface area (Å²) in [4.78, 5) is 15.3. The summed E-state index contributed by atoms with van der Waals surface area (Å²) in [6.45, 7) is 0. The number of furan rings is 3. The number of benzene rings is 7. The van der Waals surface area contributed by atoms with E-state index in [1.807, 2.05) is 103 Å². The summed E-state index contributed by atoms with van der Waals surface area (Å²) >= 11 is 0. The van der Waals surface area contributed by atoms with Gasteiger partial charge in [0.25, 0.3) is 0 Å². The van der Waals surface area contributed by atoms with E-state index in [4.69, 9.17) is 28.2 Å². The van der Waals surface area contributed by atoms with Gasteiger partial charge in [0.1, 0.15) is 33.5 Å². The molecule has 0 saturated heterocycles. The molecule has 0 radical (unpaired) electrons. The Hall–Kier alpha value is -7.05. The zero-order chi connectivity index (χ0) is 33.5. The largest absolute Gasteiger partial charge is 0.456 e. The maximum absolute atomic E-state index is 6.87. The lowest BCUT2D eigenvalue weighted by Crippen LogP contribution is -2.00. The van der Waals surface area contributed by atoms with Crippen molar-refractivity contribution in [1.82, 2.24) is 15.0 Å². The molecule has 6 heteroatoms. The number of aromatic nitrogens is 3. The number of rotatable bonds is 4. The second-order valence-corrected chi connectivity index (χ2v) is 12.7. The molecule has 0 saturated carbocycles. The standard InChI is InChI=1S/C45H25N3O3/c1-2-11-26(12-3-1)43-46-44(33-18-10-22-39-40(33)32-14-5-7-21-37(32)50-39)48-45(47-43)34-19-9-17-31-30-16-8-15-28(41(30)51-42(31)34)27-23-24-38-35(25-27)29-13-4-6-20-36(29)49-38/h1-25H. The van der Waals surface area contributed by atoms with Gasteiger partial charge in [-0.15, -0.1) is 0 Å². The molecule has 238 valence electrons. The fourth-order valence-electron chi connectivity index (χ4n) is 7.41. The average Bonchev–Trinajstić information content (AvgIpc) is 3.89. The van der Waals surface area contributed by atoms with Crippen molar-refractivity contribution < 1.29 is 13.3 Å². The van der Waals surface area contributed by atoms with Gasteiger partial charge in [0.15, 0.2) is 17.5 Å². The van der Waals surface area contributed by atoms with Gasteiger partial charge in [-0.05, 0) is 42.0 Å². The fraction of sp³-hybridized carbons (Fsp3) is 0. The molecule has 0 fully saturated rings. The van der Waals surface area contributed by atoms with E-state index < -0.39 is 0 Å². The summed E-state index contributed by atoms with van der Waals surface area (Å²) in [5, 5.41) is 6.16. The van der Waals surface area contributed by atoms with Crippen molar-refractivity contribution in [3.05, 3.63) is 152 Å². The molecule has 0 amide bonds. The molecule has 0 aliphatic heterocycles. The maximum atomic E-state index is 6.87. The Morgan fingerprint density at radius 2 is 0.863 bits per heavy atom. The molecule has 0 bridgehead atoms. The van der Waals surface area contributed by atoms with E-state index in [0.717, 1.165) is 93.6 Å². The van der Waals surface area contributed by atoms with Gasteiger partial charge < -0.3 is 13.3 Å². The van der Waals surface area contributed by atoms with Crippen LogP contribution in [-0.2, 0) is 0 Å². The highest BCUT2D eigenvalue weighted by Gasteiger charge is 2.21. The smallest absolute Gasteiger partial charge is 0.167 e. The number of hydrogen-bond acceptors (Lipinski definition) is 6. The van der Waals surface area contributed by atoms with Gasteiger partial charge in [0, 0.05) is 49.0 Å². The molecule has 7 aromatic carbocycles. The molecule has 0 spiro atoms. The van der Waals surface area contributed by atoms with E-state index in [2.05, 4.69) is 48.5 Å². The molecule has 11 rings (SSSR count). The first-order chi connectivity index (χ1) is 25.3. The topological polar surface area (TPSA) is 78.1 Å². The molecule has 0 N–H and O–H groups in total. The van der Waals surface area contributed by atoms with E-state index in [1.165, 1.54) is 0 Å². The van der Waals surface area contributed by atoms with Crippen LogP contribution in [0, 0.1) is 0 Å². The number of hydrogen-bond donors (Lipinski definition) is 0. The molecular formula is C45H25N3O3. The Bertz CT molecular complexity index is 3150. The first-order valence-corrected chi connectivity index (χ1v) is 16.9. The van der Waals surface area contributed by atoms with Crippen LogP contribution in [0.25, 0.3) is 111 Å². The zero-order valence-electron chi connectivity index (χ0n) is 27.0. The molecule has 0 atom stereocenters. The Kier molecular flexibility index (Phi) is 5.86. The van der Waals surface area contributed by atoms with Crippen LogP contribution in [0.5, 0.6) is 0 Å². The normalized spacial score (nSPS) is 11.9. The molecular weight excluding hydrogens is 631 g/mol. The fourth-order valence-corrected chi connectivity index (χ4v) is 7.41. The van der Waals surface area contributed by atoms with Gasteiger partial charge in [0.2, 0.25) is 0 Å². The molecule has 6 nitrogen and oxygen atoms in total. The third-order valence-corrected chi connectivity index (χ3v) is 9.76. The van der Waals surface area contributed by atoms with Crippen molar-refractivity contribution in [3.63, 3.8) is 0 Å². The van der Waals surface area contributed by atoms with Gasteiger partial charge in [0.05, 0.1) is 5.56 Å². The predicted molar refractivity (Wildman–Crippen MR) is 203 cm³/mol. The molecule has 4 aromatic heterocycles. The third kappa shape index (κ3) is 4.26. The lowest BCUT2D eigenvalue weighted by atomic mass is 10.00. The van der Waals surface area contributed by atoms with Crippen molar-refractivity contribution in [2.75, 3.05) is 0 Å². The van der Waals surface area contributed by atoms with Crippen molar-refractivity contribution in [1.29, 1.82) is 0 Å². The Labute approximate surface area is 290 Å². The summed E-state index contributed by atoms with van der Waals surface area (Å²) < 4.78 is 19.2. The van der Waals surface area contributed by atoms with Crippen LogP contribution < -0.4 is 0 Å². The Morgan fingerprint density at radius 3 is 1.69 bits per heavy atom. The van der Waals surface area contributed by atoms with Crippen LogP contribution in [0.1, 0.15) is 0 Å². The zero-order valence-corrected chi connectivity index (χ0v) is 27.0. The summed E-state index contributed by atoms with van der Waals surface area (Å²) in [7, 11) is 0. The molecule has 11 aromatic rings. The maximum Gasteiger partial charge on any atom is 0.167 e. The highest BCUT2D eigenvalue weighted by Crippen LogP contribution is 2.42. The lowest BCUT2D eigenvalue weighted by Gasteiger charge is -2.09. The van der Waals surface area contributed by atoms with Crippen LogP contribution in [-0.4, -0.2) is 15.0 Å². The van der Waals surface area contributed by atoms with Crippen molar-refractivity contribution >= 4 is 65.8 Å². The molecule has 0 unspecified atom stereocenters. The first kappa shape index (κ1) is 27.9. The predicted octanol–water partition coefficient (Wildman–Crippen LogP) is 12.2. The highest BCUT2D eigenvalue weighted by atomic mass is 16.3. The van der Waals surface area contributed by atoms with Gasteiger partial charge >= 0.3 is 0 Å². The molecule has 4 heterocycles. The van der Waals surface area contributed by atoms with E-state index >= 15 is 0 Å². The van der Waals surface area contributed by atoms with E-state index in [-0.39, 0.29) is 0 Å². The summed E-state index contributed by atoms with van der Waals surface area (Å²) in [5.41, 5.74) is 9.47. The van der Waals surface area contributed by atoms with Crippen LogP contribution >= 0.6 is 0 Å². The van der Waals surface area contributed by atoms with Crippen molar-refractivity contribution in [2.45, 2.75) is 0 Å². The van der Waals surface area contributed by atoms with Gasteiger partial charge in [-0.3, -0.25) is 0 Å². The molecule has 0 aliphatic rings. The van der Waals surface area contributed by atoms with Crippen molar-refractivity contribution in [2.24, 2.45) is 0 Å². The number of fused-ring (bicyclic) bond motifs is 9. The SMILES string of the molecule is c1ccc(-c2nc(-c3cccc4c3oc3c(-c5ccc6oc7ccccc7c6c5)cccc34)nc(-c3cccc4oc5ccccc5c34)n2)cc1. The second kappa shape index (κ2) is 10.7.